The zero-order chi connectivity index (χ0) is 16.7. The Bertz CT molecular complexity index is 646. The van der Waals surface area contributed by atoms with Gasteiger partial charge in [-0.15, -0.1) is 0 Å². The van der Waals surface area contributed by atoms with Gasteiger partial charge in [0.05, 0.1) is 11.4 Å². The number of rotatable bonds is 6. The highest BCUT2D eigenvalue weighted by Crippen LogP contribution is 2.66. The molecule has 0 atom stereocenters. The average Bonchev–Trinajstić information content (AvgIpc) is 2.35. The molecule has 0 radical (unpaired) electrons. The Morgan fingerprint density at radius 2 is 1.74 bits per heavy atom. The van der Waals surface area contributed by atoms with Crippen molar-refractivity contribution < 1.29 is 13.2 Å². The lowest BCUT2D eigenvalue weighted by molar-refractivity contribution is -0.0108. The molecule has 0 amide bonds. The highest BCUT2D eigenvalue weighted by molar-refractivity contribution is 7.91. The predicted molar refractivity (Wildman–Crippen MR) is 93.4 cm³/mol. The van der Waals surface area contributed by atoms with Crippen LogP contribution in [0.4, 0.5) is 0 Å². The summed E-state index contributed by atoms with van der Waals surface area (Å²) >= 11 is 0. The van der Waals surface area contributed by atoms with Crippen molar-refractivity contribution in [2.24, 2.45) is 11.3 Å². The van der Waals surface area contributed by atoms with E-state index in [-0.39, 0.29) is 0 Å². The predicted octanol–water partition coefficient (Wildman–Crippen LogP) is 4.32. The van der Waals surface area contributed by atoms with Gasteiger partial charge in [0, 0.05) is 6.26 Å². The highest BCUT2D eigenvalue weighted by Gasteiger charge is 2.62. The van der Waals surface area contributed by atoms with Crippen LogP contribution in [0.5, 0.6) is 5.75 Å². The molecule has 0 saturated heterocycles. The van der Waals surface area contributed by atoms with E-state index in [2.05, 4.69) is 13.8 Å². The molecule has 1 spiro atoms. The molecule has 0 heterocycles. The number of hydrogen-bond acceptors (Lipinski definition) is 3. The van der Waals surface area contributed by atoms with Crippen LogP contribution in [0.1, 0.15) is 57.9 Å². The second-order valence-electron chi connectivity index (χ2n) is 8.03. The van der Waals surface area contributed by atoms with Gasteiger partial charge in [-0.25, -0.2) is 8.42 Å². The Hall–Kier alpha value is -1.03. The Morgan fingerprint density at radius 1 is 1.13 bits per heavy atom. The van der Waals surface area contributed by atoms with Gasteiger partial charge in [-0.05, 0) is 61.1 Å². The molecule has 128 valence electrons. The molecule has 0 N–H and O–H groups in total. The van der Waals surface area contributed by atoms with Crippen molar-refractivity contribution in [2.75, 3.05) is 12.9 Å². The Kier molecular flexibility index (Phi) is 4.24. The van der Waals surface area contributed by atoms with E-state index < -0.39 is 14.6 Å². The summed E-state index contributed by atoms with van der Waals surface area (Å²) in [6.07, 6.45) is 7.66. The first-order chi connectivity index (χ1) is 10.8. The zero-order valence-electron chi connectivity index (χ0n) is 14.5. The van der Waals surface area contributed by atoms with E-state index in [1.165, 1.54) is 25.5 Å². The maximum Gasteiger partial charge on any atom is 0.157 e. The van der Waals surface area contributed by atoms with Gasteiger partial charge >= 0.3 is 0 Å². The quantitative estimate of drug-likeness (QED) is 0.777. The fourth-order valence-electron chi connectivity index (χ4n) is 4.14. The summed E-state index contributed by atoms with van der Waals surface area (Å²) in [6, 6.07) is 7.76. The molecule has 2 aliphatic rings. The van der Waals surface area contributed by atoms with E-state index in [1.807, 2.05) is 24.3 Å². The Balaban J connectivity index is 1.74. The maximum atomic E-state index is 12.5. The third-order valence-electron chi connectivity index (χ3n) is 5.79. The molecule has 3 nitrogen and oxygen atoms in total. The first-order valence-electron chi connectivity index (χ1n) is 8.69. The van der Waals surface area contributed by atoms with E-state index in [4.69, 9.17) is 4.74 Å². The Morgan fingerprint density at radius 3 is 2.17 bits per heavy atom. The van der Waals surface area contributed by atoms with Crippen LogP contribution in [-0.4, -0.2) is 21.3 Å². The monoisotopic (exact) mass is 336 g/mol. The highest BCUT2D eigenvalue weighted by atomic mass is 32.2. The average molecular weight is 336 g/mol. The second-order valence-corrected chi connectivity index (χ2v) is 10.4. The SMILES string of the molecule is CC(C)CCOc1ccc(C2(S(C)(=O)=O)CC3(CCC3)C2)cc1. The minimum absolute atomic E-state index is 0.315. The summed E-state index contributed by atoms with van der Waals surface area (Å²) in [4.78, 5) is 0. The van der Waals surface area contributed by atoms with Crippen LogP contribution in [0, 0.1) is 11.3 Å². The molecule has 0 unspecified atom stereocenters. The fourth-order valence-corrected chi connectivity index (χ4v) is 5.84. The minimum atomic E-state index is -3.11. The molecular formula is C19H28O3S. The summed E-state index contributed by atoms with van der Waals surface area (Å²) in [7, 11) is -3.11. The van der Waals surface area contributed by atoms with Gasteiger partial charge in [-0.3, -0.25) is 0 Å². The van der Waals surface area contributed by atoms with Crippen molar-refractivity contribution in [3.05, 3.63) is 29.8 Å². The van der Waals surface area contributed by atoms with Gasteiger partial charge in [0.15, 0.2) is 9.84 Å². The third-order valence-corrected chi connectivity index (χ3v) is 7.73. The molecule has 1 aromatic carbocycles. The standard InChI is InChI=1S/C19H28O3S/c1-15(2)9-12-22-17-7-5-16(6-8-17)19(23(3,20)21)13-18(14-19)10-4-11-18/h5-8,15H,4,9-14H2,1-3H3. The topological polar surface area (TPSA) is 43.4 Å². The van der Waals surface area contributed by atoms with Crippen LogP contribution < -0.4 is 4.74 Å². The van der Waals surface area contributed by atoms with E-state index in [1.54, 1.807) is 0 Å². The molecule has 3 rings (SSSR count). The molecule has 23 heavy (non-hydrogen) atoms. The van der Waals surface area contributed by atoms with Crippen molar-refractivity contribution in [3.8, 4) is 5.75 Å². The lowest BCUT2D eigenvalue weighted by Gasteiger charge is -2.60. The summed E-state index contributed by atoms with van der Waals surface area (Å²) in [5.74, 6) is 1.45. The lowest BCUT2D eigenvalue weighted by atomic mass is 9.50. The third kappa shape index (κ3) is 3.02. The normalized spacial score (nSPS) is 21.7. The largest absolute Gasteiger partial charge is 0.494 e. The van der Waals surface area contributed by atoms with Gasteiger partial charge in [0.25, 0.3) is 0 Å². The molecule has 2 saturated carbocycles. The summed E-state index contributed by atoms with van der Waals surface area (Å²) in [5, 5.41) is 0. The van der Waals surface area contributed by atoms with E-state index >= 15 is 0 Å². The molecule has 0 bridgehead atoms. The number of sulfone groups is 1. The van der Waals surface area contributed by atoms with Gasteiger partial charge in [0.2, 0.25) is 0 Å². The van der Waals surface area contributed by atoms with Gasteiger partial charge in [0.1, 0.15) is 5.75 Å². The molecule has 1 aromatic rings. The van der Waals surface area contributed by atoms with E-state index in [0.29, 0.717) is 17.9 Å². The smallest absolute Gasteiger partial charge is 0.157 e. The van der Waals surface area contributed by atoms with Crippen LogP contribution >= 0.6 is 0 Å². The van der Waals surface area contributed by atoms with Crippen LogP contribution in [-0.2, 0) is 14.6 Å². The first-order valence-corrected chi connectivity index (χ1v) is 10.6. The summed E-state index contributed by atoms with van der Waals surface area (Å²) in [5.41, 5.74) is 1.25. The number of benzene rings is 1. The number of hydrogen-bond donors (Lipinski definition) is 0. The van der Waals surface area contributed by atoms with Crippen molar-refractivity contribution in [2.45, 2.75) is 57.1 Å². The lowest BCUT2D eigenvalue weighted by Crippen LogP contribution is -2.56. The van der Waals surface area contributed by atoms with E-state index in [0.717, 1.165) is 30.6 Å². The van der Waals surface area contributed by atoms with Crippen molar-refractivity contribution in [1.29, 1.82) is 0 Å². The summed E-state index contributed by atoms with van der Waals surface area (Å²) in [6.45, 7) is 5.06. The second kappa shape index (κ2) is 5.80. The first kappa shape index (κ1) is 16.8. The van der Waals surface area contributed by atoms with Crippen LogP contribution in [0.3, 0.4) is 0 Å². The van der Waals surface area contributed by atoms with Crippen molar-refractivity contribution in [3.63, 3.8) is 0 Å². The molecule has 2 fully saturated rings. The molecule has 0 aromatic heterocycles. The number of ether oxygens (including phenoxy) is 1. The van der Waals surface area contributed by atoms with Crippen LogP contribution in [0.25, 0.3) is 0 Å². The molecular weight excluding hydrogens is 308 g/mol. The molecule has 2 aliphatic carbocycles. The molecule has 4 heteroatoms. The Labute approximate surface area is 140 Å². The minimum Gasteiger partial charge on any atom is -0.494 e. The zero-order valence-corrected chi connectivity index (χ0v) is 15.3. The van der Waals surface area contributed by atoms with Gasteiger partial charge in [-0.1, -0.05) is 32.4 Å². The van der Waals surface area contributed by atoms with Gasteiger partial charge < -0.3 is 4.74 Å². The van der Waals surface area contributed by atoms with Crippen molar-refractivity contribution >= 4 is 9.84 Å². The van der Waals surface area contributed by atoms with E-state index in [9.17, 15) is 8.42 Å². The summed E-state index contributed by atoms with van der Waals surface area (Å²) < 4.78 is 30.0. The van der Waals surface area contributed by atoms with Crippen LogP contribution in [0.15, 0.2) is 24.3 Å². The molecule has 0 aliphatic heterocycles. The van der Waals surface area contributed by atoms with Gasteiger partial charge in [-0.2, -0.15) is 0 Å². The maximum absolute atomic E-state index is 12.5. The fraction of sp³-hybridized carbons (Fsp3) is 0.684. The van der Waals surface area contributed by atoms with Crippen LogP contribution in [0.2, 0.25) is 0 Å². The van der Waals surface area contributed by atoms with Crippen molar-refractivity contribution in [1.82, 2.24) is 0 Å².